The molecule has 3 heteroatoms. The number of para-hydroxylation sites is 1. The van der Waals surface area contributed by atoms with E-state index < -0.39 is 6.10 Å². The van der Waals surface area contributed by atoms with Gasteiger partial charge >= 0.3 is 0 Å². The second-order valence-corrected chi connectivity index (χ2v) is 5.48. The van der Waals surface area contributed by atoms with Crippen molar-refractivity contribution in [1.29, 1.82) is 0 Å². The zero-order valence-electron chi connectivity index (χ0n) is 12.0. The van der Waals surface area contributed by atoms with Gasteiger partial charge in [0.15, 0.2) is 0 Å². The Bertz CT molecular complexity index is 570. The van der Waals surface area contributed by atoms with E-state index in [1.54, 1.807) is 0 Å². The molecule has 3 rings (SSSR count). The quantitative estimate of drug-likeness (QED) is 0.856. The van der Waals surface area contributed by atoms with Crippen molar-refractivity contribution < 1.29 is 9.84 Å². The van der Waals surface area contributed by atoms with Gasteiger partial charge in [-0.1, -0.05) is 42.5 Å². The van der Waals surface area contributed by atoms with Crippen molar-refractivity contribution in [1.82, 2.24) is 5.32 Å². The van der Waals surface area contributed by atoms with E-state index in [0.29, 0.717) is 19.2 Å². The van der Waals surface area contributed by atoms with E-state index in [9.17, 15) is 5.11 Å². The van der Waals surface area contributed by atoms with Gasteiger partial charge < -0.3 is 15.2 Å². The van der Waals surface area contributed by atoms with E-state index in [1.165, 1.54) is 11.1 Å². The maximum Gasteiger partial charge on any atom is 0.119 e. The number of aliphatic hydroxyl groups is 1. The number of hydrogen-bond donors (Lipinski definition) is 2. The average molecular weight is 283 g/mol. The summed E-state index contributed by atoms with van der Waals surface area (Å²) in [6.45, 7) is 0.858. The topological polar surface area (TPSA) is 41.5 Å². The van der Waals surface area contributed by atoms with Gasteiger partial charge in [0.2, 0.25) is 0 Å². The van der Waals surface area contributed by atoms with Crippen LogP contribution in [0.3, 0.4) is 0 Å². The number of aliphatic hydroxyl groups excluding tert-OH is 1. The van der Waals surface area contributed by atoms with Crippen molar-refractivity contribution in [2.24, 2.45) is 0 Å². The zero-order valence-corrected chi connectivity index (χ0v) is 12.0. The van der Waals surface area contributed by atoms with E-state index in [-0.39, 0.29) is 0 Å². The van der Waals surface area contributed by atoms with E-state index in [0.717, 1.165) is 18.6 Å². The van der Waals surface area contributed by atoms with Crippen LogP contribution < -0.4 is 10.1 Å². The lowest BCUT2D eigenvalue weighted by Gasteiger charge is -2.18. The third kappa shape index (κ3) is 3.63. The Kier molecular flexibility index (Phi) is 4.53. The van der Waals surface area contributed by atoms with E-state index in [1.807, 2.05) is 30.3 Å². The molecule has 0 spiro atoms. The molecule has 2 unspecified atom stereocenters. The third-order valence-corrected chi connectivity index (χ3v) is 3.92. The number of fused-ring (bicyclic) bond motifs is 1. The molecule has 2 N–H and O–H groups in total. The first-order valence-electron chi connectivity index (χ1n) is 7.50. The summed E-state index contributed by atoms with van der Waals surface area (Å²) < 4.78 is 5.56. The van der Waals surface area contributed by atoms with Gasteiger partial charge in [-0.3, -0.25) is 0 Å². The molecule has 21 heavy (non-hydrogen) atoms. The van der Waals surface area contributed by atoms with E-state index >= 15 is 0 Å². The number of aryl methyl sites for hydroxylation is 1. The van der Waals surface area contributed by atoms with Crippen LogP contribution in [-0.2, 0) is 6.42 Å². The fraction of sp³-hybridized carbons (Fsp3) is 0.333. The van der Waals surface area contributed by atoms with Crippen molar-refractivity contribution in [2.75, 3.05) is 13.2 Å². The first-order valence-corrected chi connectivity index (χ1v) is 7.50. The highest BCUT2D eigenvalue weighted by atomic mass is 16.5. The Morgan fingerprint density at radius 3 is 2.71 bits per heavy atom. The van der Waals surface area contributed by atoms with Gasteiger partial charge in [0, 0.05) is 12.6 Å². The van der Waals surface area contributed by atoms with Gasteiger partial charge in [0.1, 0.15) is 18.5 Å². The second kappa shape index (κ2) is 6.74. The molecule has 0 saturated carbocycles. The summed E-state index contributed by atoms with van der Waals surface area (Å²) in [5.41, 5.74) is 2.79. The molecule has 0 heterocycles. The molecule has 2 aromatic carbocycles. The van der Waals surface area contributed by atoms with Gasteiger partial charge in [-0.15, -0.1) is 0 Å². The van der Waals surface area contributed by atoms with Crippen LogP contribution in [-0.4, -0.2) is 24.4 Å². The SMILES string of the molecule is OC(CNC1CCc2ccccc21)COc1ccccc1. The average Bonchev–Trinajstić information content (AvgIpc) is 2.95. The van der Waals surface area contributed by atoms with Crippen LogP contribution in [0.5, 0.6) is 5.75 Å². The summed E-state index contributed by atoms with van der Waals surface area (Å²) in [7, 11) is 0. The number of benzene rings is 2. The van der Waals surface area contributed by atoms with Crippen LogP contribution >= 0.6 is 0 Å². The molecule has 2 atom stereocenters. The number of rotatable bonds is 6. The lowest BCUT2D eigenvalue weighted by atomic mass is 10.1. The minimum absolute atomic E-state index is 0.311. The minimum Gasteiger partial charge on any atom is -0.491 e. The Morgan fingerprint density at radius 1 is 1.10 bits per heavy atom. The summed E-state index contributed by atoms with van der Waals surface area (Å²) >= 11 is 0. The summed E-state index contributed by atoms with van der Waals surface area (Å²) in [5.74, 6) is 0.794. The van der Waals surface area contributed by atoms with Crippen molar-refractivity contribution in [3.05, 3.63) is 65.7 Å². The Morgan fingerprint density at radius 2 is 1.86 bits per heavy atom. The molecular weight excluding hydrogens is 262 g/mol. The molecular formula is C18H21NO2. The minimum atomic E-state index is -0.502. The van der Waals surface area contributed by atoms with Crippen molar-refractivity contribution in [2.45, 2.75) is 25.0 Å². The number of hydrogen-bond acceptors (Lipinski definition) is 3. The maximum atomic E-state index is 10.0. The molecule has 3 nitrogen and oxygen atoms in total. The van der Waals surface area contributed by atoms with Crippen LogP contribution in [0, 0.1) is 0 Å². The van der Waals surface area contributed by atoms with Crippen LogP contribution in [0.1, 0.15) is 23.6 Å². The zero-order chi connectivity index (χ0) is 14.5. The summed E-state index contributed by atoms with van der Waals surface area (Å²) in [5, 5.41) is 13.5. The van der Waals surface area contributed by atoms with Gasteiger partial charge in [0.25, 0.3) is 0 Å². The standard InChI is InChI=1S/C18H21NO2/c20-15(13-21-16-7-2-1-3-8-16)12-19-18-11-10-14-6-4-5-9-17(14)18/h1-9,15,18-20H,10-13H2. The Hall–Kier alpha value is -1.84. The van der Waals surface area contributed by atoms with Gasteiger partial charge in [0.05, 0.1) is 0 Å². The first-order chi connectivity index (χ1) is 10.3. The van der Waals surface area contributed by atoms with Gasteiger partial charge in [-0.2, -0.15) is 0 Å². The monoisotopic (exact) mass is 283 g/mol. The number of ether oxygens (including phenoxy) is 1. The predicted octanol–water partition coefficient (Wildman–Crippen LogP) is 2.70. The highest BCUT2D eigenvalue weighted by Crippen LogP contribution is 2.30. The first kappa shape index (κ1) is 14.1. The van der Waals surface area contributed by atoms with Gasteiger partial charge in [-0.25, -0.2) is 0 Å². The molecule has 0 bridgehead atoms. The molecule has 1 aliphatic rings. The van der Waals surface area contributed by atoms with E-state index in [2.05, 4.69) is 29.6 Å². The normalized spacial score (nSPS) is 18.2. The largest absolute Gasteiger partial charge is 0.491 e. The van der Waals surface area contributed by atoms with Crippen LogP contribution in [0.15, 0.2) is 54.6 Å². The molecule has 2 aromatic rings. The van der Waals surface area contributed by atoms with Crippen molar-refractivity contribution in [3.63, 3.8) is 0 Å². The van der Waals surface area contributed by atoms with Crippen LogP contribution in [0.4, 0.5) is 0 Å². The molecule has 0 saturated heterocycles. The molecule has 0 fully saturated rings. The summed E-state index contributed by atoms with van der Waals surface area (Å²) in [6.07, 6.45) is 1.72. The highest BCUT2D eigenvalue weighted by Gasteiger charge is 2.21. The second-order valence-electron chi connectivity index (χ2n) is 5.48. The van der Waals surface area contributed by atoms with E-state index in [4.69, 9.17) is 4.74 Å². The van der Waals surface area contributed by atoms with Gasteiger partial charge in [-0.05, 0) is 36.1 Å². The fourth-order valence-corrected chi connectivity index (χ4v) is 2.82. The molecule has 1 aliphatic carbocycles. The molecule has 0 amide bonds. The van der Waals surface area contributed by atoms with Crippen LogP contribution in [0.25, 0.3) is 0 Å². The lowest BCUT2D eigenvalue weighted by Crippen LogP contribution is -2.33. The Balaban J connectivity index is 1.45. The Labute approximate surface area is 125 Å². The molecule has 110 valence electrons. The molecule has 0 radical (unpaired) electrons. The summed E-state index contributed by atoms with van der Waals surface area (Å²) in [6, 6.07) is 18.5. The van der Waals surface area contributed by atoms with Crippen molar-refractivity contribution >= 4 is 0 Å². The smallest absolute Gasteiger partial charge is 0.119 e. The molecule has 0 aromatic heterocycles. The van der Waals surface area contributed by atoms with Crippen LogP contribution in [0.2, 0.25) is 0 Å². The lowest BCUT2D eigenvalue weighted by molar-refractivity contribution is 0.103. The number of nitrogens with one attached hydrogen (secondary N) is 1. The highest BCUT2D eigenvalue weighted by molar-refractivity contribution is 5.34. The maximum absolute atomic E-state index is 10.0. The predicted molar refractivity (Wildman–Crippen MR) is 83.5 cm³/mol. The van der Waals surface area contributed by atoms with Crippen molar-refractivity contribution in [3.8, 4) is 5.75 Å². The third-order valence-electron chi connectivity index (χ3n) is 3.92. The molecule has 0 aliphatic heterocycles. The summed E-state index contributed by atoms with van der Waals surface area (Å²) in [4.78, 5) is 0. The fourth-order valence-electron chi connectivity index (χ4n) is 2.82.